The topological polar surface area (TPSA) is 65.5 Å². The van der Waals surface area contributed by atoms with Crippen LogP contribution in [-0.2, 0) is 11.3 Å². The van der Waals surface area contributed by atoms with Gasteiger partial charge in [0.05, 0.1) is 12.6 Å². The van der Waals surface area contributed by atoms with Crippen LogP contribution in [0.25, 0.3) is 0 Å². The van der Waals surface area contributed by atoms with Crippen molar-refractivity contribution >= 4 is 5.91 Å². The lowest BCUT2D eigenvalue weighted by molar-refractivity contribution is -0.127. The predicted octanol–water partition coefficient (Wildman–Crippen LogP) is 1.18. The molecule has 0 saturated heterocycles. The van der Waals surface area contributed by atoms with Gasteiger partial charge in [-0.3, -0.25) is 14.7 Å². The Morgan fingerprint density at radius 3 is 2.70 bits per heavy atom. The van der Waals surface area contributed by atoms with Crippen molar-refractivity contribution in [1.29, 1.82) is 0 Å². The number of carbonyl (C=O) groups is 1. The van der Waals surface area contributed by atoms with Crippen molar-refractivity contribution in [3.05, 3.63) is 30.1 Å². The Hall–Kier alpha value is -1.46. The molecule has 0 radical (unpaired) electrons. The van der Waals surface area contributed by atoms with E-state index in [1.165, 1.54) is 0 Å². The molecule has 1 heterocycles. The normalized spacial score (nSPS) is 13.3. The molecule has 1 aromatic rings. The molecule has 5 nitrogen and oxygen atoms in total. The van der Waals surface area contributed by atoms with Gasteiger partial charge in [-0.2, -0.15) is 0 Å². The number of aliphatic hydroxyl groups is 1. The number of carbonyl (C=O) groups excluding carboxylic acids is 1. The zero-order chi connectivity index (χ0) is 15.2. The van der Waals surface area contributed by atoms with Crippen LogP contribution in [0.4, 0.5) is 0 Å². The Kier molecular flexibility index (Phi) is 6.10. The molecule has 2 N–H and O–H groups in total. The van der Waals surface area contributed by atoms with E-state index in [4.69, 9.17) is 0 Å². The number of aliphatic hydroxyl groups excluding tert-OH is 1. The van der Waals surface area contributed by atoms with Crippen LogP contribution in [0.15, 0.2) is 24.5 Å². The van der Waals surface area contributed by atoms with Crippen molar-refractivity contribution in [2.75, 3.05) is 13.2 Å². The third-order valence-corrected chi connectivity index (χ3v) is 2.92. The predicted molar refractivity (Wildman–Crippen MR) is 79.1 cm³/mol. The molecule has 0 aliphatic rings. The van der Waals surface area contributed by atoms with Crippen LogP contribution < -0.4 is 5.32 Å². The molecule has 0 bridgehead atoms. The van der Waals surface area contributed by atoms with E-state index in [1.54, 1.807) is 12.4 Å². The highest BCUT2D eigenvalue weighted by Crippen LogP contribution is 2.09. The molecule has 20 heavy (non-hydrogen) atoms. The van der Waals surface area contributed by atoms with Crippen LogP contribution in [-0.4, -0.2) is 45.6 Å². The maximum absolute atomic E-state index is 12.2. The minimum atomic E-state index is -0.304. The van der Waals surface area contributed by atoms with Crippen molar-refractivity contribution in [1.82, 2.24) is 15.2 Å². The highest BCUT2D eigenvalue weighted by molar-refractivity contribution is 5.81. The Bertz CT molecular complexity index is 415. The van der Waals surface area contributed by atoms with Crippen molar-refractivity contribution in [2.45, 2.75) is 45.8 Å². The Morgan fingerprint density at radius 2 is 2.20 bits per heavy atom. The molecule has 1 rings (SSSR count). The van der Waals surface area contributed by atoms with Gasteiger partial charge in [0, 0.05) is 31.0 Å². The number of aromatic nitrogens is 1. The first-order valence-electron chi connectivity index (χ1n) is 6.89. The largest absolute Gasteiger partial charge is 0.395 e. The first-order chi connectivity index (χ1) is 9.33. The zero-order valence-electron chi connectivity index (χ0n) is 12.8. The highest BCUT2D eigenvalue weighted by Gasteiger charge is 2.24. The van der Waals surface area contributed by atoms with Crippen molar-refractivity contribution < 1.29 is 9.90 Å². The number of hydrogen-bond acceptors (Lipinski definition) is 4. The van der Waals surface area contributed by atoms with Crippen LogP contribution in [0.5, 0.6) is 0 Å². The molecule has 1 amide bonds. The summed E-state index contributed by atoms with van der Waals surface area (Å²) in [6.45, 7) is 8.78. The van der Waals surface area contributed by atoms with Gasteiger partial charge in [0.15, 0.2) is 0 Å². The second-order valence-electron chi connectivity index (χ2n) is 5.97. The standard InChI is InChI=1S/C15H25N3O2/c1-12(14(20)17-15(2,3)4)18(8-9-19)11-13-6-5-7-16-10-13/h5-7,10,12,19H,8-9,11H2,1-4H3,(H,17,20). The maximum Gasteiger partial charge on any atom is 0.237 e. The van der Waals surface area contributed by atoms with Crippen LogP contribution in [0.2, 0.25) is 0 Å². The second kappa shape index (κ2) is 7.36. The summed E-state index contributed by atoms with van der Waals surface area (Å²) in [5, 5.41) is 12.2. The summed E-state index contributed by atoms with van der Waals surface area (Å²) >= 11 is 0. The van der Waals surface area contributed by atoms with E-state index in [9.17, 15) is 9.90 Å². The summed E-state index contributed by atoms with van der Waals surface area (Å²) in [7, 11) is 0. The van der Waals surface area contributed by atoms with E-state index < -0.39 is 0 Å². The van der Waals surface area contributed by atoms with Gasteiger partial charge in [-0.1, -0.05) is 6.07 Å². The molecule has 1 aromatic heterocycles. The quantitative estimate of drug-likeness (QED) is 0.820. The van der Waals surface area contributed by atoms with E-state index in [1.807, 2.05) is 44.7 Å². The third kappa shape index (κ3) is 5.67. The molecule has 0 saturated carbocycles. The lowest BCUT2D eigenvalue weighted by atomic mass is 10.1. The minimum absolute atomic E-state index is 0.0212. The van der Waals surface area contributed by atoms with Gasteiger partial charge in [0.2, 0.25) is 5.91 Å². The SMILES string of the molecule is CC(C(=O)NC(C)(C)C)N(CCO)Cc1cccnc1. The summed E-state index contributed by atoms with van der Waals surface area (Å²) in [6.07, 6.45) is 3.49. The van der Waals surface area contributed by atoms with Crippen molar-refractivity contribution in [3.8, 4) is 0 Å². The van der Waals surface area contributed by atoms with Gasteiger partial charge in [-0.15, -0.1) is 0 Å². The number of nitrogens with zero attached hydrogens (tertiary/aromatic N) is 2. The molecule has 1 atom stereocenters. The molecule has 0 aliphatic heterocycles. The number of rotatable bonds is 6. The highest BCUT2D eigenvalue weighted by atomic mass is 16.3. The molecule has 0 aromatic carbocycles. The summed E-state index contributed by atoms with van der Waals surface area (Å²) in [5.41, 5.74) is 0.765. The molecular weight excluding hydrogens is 254 g/mol. The van der Waals surface area contributed by atoms with Crippen LogP contribution in [0.3, 0.4) is 0 Å². The molecule has 112 valence electrons. The summed E-state index contributed by atoms with van der Waals surface area (Å²) in [6, 6.07) is 3.53. The van der Waals surface area contributed by atoms with Crippen LogP contribution >= 0.6 is 0 Å². The Balaban J connectivity index is 2.72. The second-order valence-corrected chi connectivity index (χ2v) is 5.97. The van der Waals surface area contributed by atoms with Crippen molar-refractivity contribution in [2.24, 2.45) is 0 Å². The van der Waals surface area contributed by atoms with Crippen LogP contribution in [0.1, 0.15) is 33.3 Å². The Morgan fingerprint density at radius 1 is 1.50 bits per heavy atom. The lowest BCUT2D eigenvalue weighted by Crippen LogP contribution is -2.51. The third-order valence-electron chi connectivity index (χ3n) is 2.92. The van der Waals surface area contributed by atoms with E-state index in [-0.39, 0.29) is 24.1 Å². The zero-order valence-corrected chi connectivity index (χ0v) is 12.8. The number of amides is 1. The summed E-state index contributed by atoms with van der Waals surface area (Å²) in [5.74, 6) is -0.0326. The van der Waals surface area contributed by atoms with Crippen LogP contribution in [0, 0.1) is 0 Å². The molecule has 1 unspecified atom stereocenters. The molecule has 5 heteroatoms. The minimum Gasteiger partial charge on any atom is -0.395 e. The first-order valence-corrected chi connectivity index (χ1v) is 6.89. The fourth-order valence-corrected chi connectivity index (χ4v) is 1.90. The number of hydrogen-bond donors (Lipinski definition) is 2. The van der Waals surface area contributed by atoms with Gasteiger partial charge in [-0.05, 0) is 39.3 Å². The monoisotopic (exact) mass is 279 g/mol. The van der Waals surface area contributed by atoms with Gasteiger partial charge in [-0.25, -0.2) is 0 Å². The molecule has 0 fully saturated rings. The average molecular weight is 279 g/mol. The number of nitrogens with one attached hydrogen (secondary N) is 1. The number of pyridine rings is 1. The van der Waals surface area contributed by atoms with E-state index >= 15 is 0 Å². The van der Waals surface area contributed by atoms with Gasteiger partial charge in [0.1, 0.15) is 0 Å². The van der Waals surface area contributed by atoms with Gasteiger partial charge in [0.25, 0.3) is 0 Å². The Labute approximate surface area is 121 Å². The first kappa shape index (κ1) is 16.6. The summed E-state index contributed by atoms with van der Waals surface area (Å²) < 4.78 is 0. The van der Waals surface area contributed by atoms with Crippen molar-refractivity contribution in [3.63, 3.8) is 0 Å². The molecule has 0 aliphatic carbocycles. The average Bonchev–Trinajstić information content (AvgIpc) is 2.36. The smallest absolute Gasteiger partial charge is 0.237 e. The fraction of sp³-hybridized carbons (Fsp3) is 0.600. The fourth-order valence-electron chi connectivity index (χ4n) is 1.90. The molecular formula is C15H25N3O2. The van der Waals surface area contributed by atoms with E-state index in [0.717, 1.165) is 5.56 Å². The molecule has 0 spiro atoms. The summed E-state index contributed by atoms with van der Waals surface area (Å²) in [4.78, 5) is 18.2. The maximum atomic E-state index is 12.2. The van der Waals surface area contributed by atoms with Gasteiger partial charge < -0.3 is 10.4 Å². The van der Waals surface area contributed by atoms with Gasteiger partial charge >= 0.3 is 0 Å². The van der Waals surface area contributed by atoms with E-state index in [2.05, 4.69) is 10.3 Å². The lowest BCUT2D eigenvalue weighted by Gasteiger charge is -2.30. The van der Waals surface area contributed by atoms with E-state index in [0.29, 0.717) is 13.1 Å².